The minimum Gasteiger partial charge on any atom is -0.481 e. The molecule has 5 heteroatoms. The van der Waals surface area contributed by atoms with Crippen molar-refractivity contribution in [3.05, 3.63) is 0 Å². The Hall–Kier alpha value is -1.10. The summed E-state index contributed by atoms with van der Waals surface area (Å²) in [5.41, 5.74) is 0. The van der Waals surface area contributed by atoms with Gasteiger partial charge in [0.15, 0.2) is 0 Å². The minimum absolute atomic E-state index is 0.0799. The summed E-state index contributed by atoms with van der Waals surface area (Å²) in [5, 5.41) is 11.5. The Morgan fingerprint density at radius 2 is 1.94 bits per heavy atom. The van der Waals surface area contributed by atoms with Crippen LogP contribution in [-0.2, 0) is 9.59 Å². The number of nitrogens with zero attached hydrogens (tertiary/aromatic N) is 1. The number of rotatable bonds is 8. The summed E-state index contributed by atoms with van der Waals surface area (Å²) < 4.78 is 0. The Labute approximate surface area is 95.8 Å². The molecule has 92 valence electrons. The van der Waals surface area contributed by atoms with E-state index in [2.05, 4.69) is 5.32 Å². The highest BCUT2D eigenvalue weighted by Crippen LogP contribution is 2.18. The maximum absolute atomic E-state index is 11.4. The molecule has 1 aliphatic rings. The molecule has 0 unspecified atom stereocenters. The number of hydrogen-bond donors (Lipinski definition) is 2. The summed E-state index contributed by atoms with van der Waals surface area (Å²) in [5.74, 6) is -0.711. The van der Waals surface area contributed by atoms with Crippen molar-refractivity contribution in [2.45, 2.75) is 38.6 Å². The van der Waals surface area contributed by atoms with Gasteiger partial charge >= 0.3 is 5.97 Å². The van der Waals surface area contributed by atoms with Gasteiger partial charge in [0.1, 0.15) is 0 Å². The molecule has 1 amide bonds. The van der Waals surface area contributed by atoms with E-state index >= 15 is 0 Å². The fraction of sp³-hybridized carbons (Fsp3) is 0.818. The largest absolute Gasteiger partial charge is 0.481 e. The Morgan fingerprint density at radius 3 is 2.44 bits per heavy atom. The third-order valence-corrected chi connectivity index (χ3v) is 2.69. The van der Waals surface area contributed by atoms with Crippen molar-refractivity contribution < 1.29 is 14.7 Å². The topological polar surface area (TPSA) is 69.6 Å². The fourth-order valence-electron chi connectivity index (χ4n) is 1.47. The second kappa shape index (κ2) is 6.48. The molecule has 1 fully saturated rings. The summed E-state index contributed by atoms with van der Waals surface area (Å²) in [6.07, 6.45) is 2.80. The smallest absolute Gasteiger partial charge is 0.304 e. The Morgan fingerprint density at radius 1 is 1.31 bits per heavy atom. The quantitative estimate of drug-likeness (QED) is 0.633. The lowest BCUT2D eigenvalue weighted by molar-refractivity contribution is -0.137. The molecule has 5 nitrogen and oxygen atoms in total. The third kappa shape index (κ3) is 5.70. The summed E-state index contributed by atoms with van der Waals surface area (Å²) in [6.45, 7) is 3.91. The van der Waals surface area contributed by atoms with Gasteiger partial charge in [-0.05, 0) is 19.4 Å². The zero-order valence-electron chi connectivity index (χ0n) is 9.74. The predicted molar refractivity (Wildman–Crippen MR) is 60.1 cm³/mol. The van der Waals surface area contributed by atoms with E-state index in [1.54, 1.807) is 0 Å². The molecule has 0 aromatic heterocycles. The summed E-state index contributed by atoms with van der Waals surface area (Å²) in [6, 6.07) is 0.404. The maximum Gasteiger partial charge on any atom is 0.304 e. The number of amides is 1. The lowest BCUT2D eigenvalue weighted by Crippen LogP contribution is -2.33. The molecule has 1 saturated carbocycles. The monoisotopic (exact) mass is 228 g/mol. The Kier molecular flexibility index (Phi) is 5.25. The average Bonchev–Trinajstić information content (AvgIpc) is 3.01. The van der Waals surface area contributed by atoms with Crippen LogP contribution in [0.4, 0.5) is 0 Å². The summed E-state index contributed by atoms with van der Waals surface area (Å²) in [7, 11) is 0. The number of nitrogens with one attached hydrogen (secondary N) is 1. The van der Waals surface area contributed by atoms with E-state index in [1.807, 2.05) is 11.8 Å². The number of carbonyl (C=O) groups excluding carboxylic acids is 1. The SMILES string of the molecule is CCN(CCC(=O)O)CCC(=O)NC1CC1. The molecule has 16 heavy (non-hydrogen) atoms. The first-order valence-electron chi connectivity index (χ1n) is 5.85. The van der Waals surface area contributed by atoms with Gasteiger partial charge in [-0.2, -0.15) is 0 Å². The van der Waals surface area contributed by atoms with Crippen molar-refractivity contribution in [3.63, 3.8) is 0 Å². The molecular weight excluding hydrogens is 208 g/mol. The van der Waals surface area contributed by atoms with Gasteiger partial charge in [-0.15, -0.1) is 0 Å². The van der Waals surface area contributed by atoms with Gasteiger partial charge < -0.3 is 15.3 Å². The van der Waals surface area contributed by atoms with E-state index in [0.717, 1.165) is 19.4 Å². The highest BCUT2D eigenvalue weighted by atomic mass is 16.4. The molecule has 1 aliphatic carbocycles. The summed E-state index contributed by atoms with van der Waals surface area (Å²) in [4.78, 5) is 23.8. The number of carboxylic acids is 1. The van der Waals surface area contributed by atoms with Crippen LogP contribution in [0, 0.1) is 0 Å². The van der Waals surface area contributed by atoms with E-state index in [9.17, 15) is 9.59 Å². The lowest BCUT2D eigenvalue weighted by atomic mass is 10.3. The number of carbonyl (C=O) groups is 2. The molecular formula is C11H20N2O3. The zero-order valence-corrected chi connectivity index (χ0v) is 9.74. The normalized spacial score (nSPS) is 15.1. The van der Waals surface area contributed by atoms with Crippen molar-refractivity contribution >= 4 is 11.9 Å². The molecule has 0 saturated heterocycles. The molecule has 0 bridgehead atoms. The molecule has 0 radical (unpaired) electrons. The van der Waals surface area contributed by atoms with Gasteiger partial charge in [0.05, 0.1) is 6.42 Å². The first-order chi connectivity index (χ1) is 7.61. The number of carboxylic acid groups (broad SMARTS) is 1. The van der Waals surface area contributed by atoms with Crippen LogP contribution in [0.1, 0.15) is 32.6 Å². The van der Waals surface area contributed by atoms with Crippen LogP contribution in [0.3, 0.4) is 0 Å². The van der Waals surface area contributed by atoms with Crippen LogP contribution in [0.15, 0.2) is 0 Å². The second-order valence-electron chi connectivity index (χ2n) is 4.17. The maximum atomic E-state index is 11.4. The zero-order chi connectivity index (χ0) is 12.0. The van der Waals surface area contributed by atoms with E-state index in [1.165, 1.54) is 0 Å². The molecule has 1 rings (SSSR count). The number of aliphatic carboxylic acids is 1. The van der Waals surface area contributed by atoms with E-state index in [4.69, 9.17) is 5.11 Å². The average molecular weight is 228 g/mol. The Balaban J connectivity index is 2.11. The molecule has 0 spiro atoms. The van der Waals surface area contributed by atoms with Crippen molar-refractivity contribution in [1.82, 2.24) is 10.2 Å². The first-order valence-corrected chi connectivity index (χ1v) is 5.85. The van der Waals surface area contributed by atoms with Crippen LogP contribution in [0.25, 0.3) is 0 Å². The van der Waals surface area contributed by atoms with E-state index in [-0.39, 0.29) is 12.3 Å². The highest BCUT2D eigenvalue weighted by molar-refractivity contribution is 5.76. The summed E-state index contributed by atoms with van der Waals surface area (Å²) >= 11 is 0. The predicted octanol–water partition coefficient (Wildman–Crippen LogP) is 0.452. The molecule has 0 aromatic rings. The van der Waals surface area contributed by atoms with Crippen LogP contribution in [-0.4, -0.2) is 47.6 Å². The molecule has 0 atom stereocenters. The third-order valence-electron chi connectivity index (χ3n) is 2.69. The van der Waals surface area contributed by atoms with Crippen LogP contribution < -0.4 is 5.32 Å². The van der Waals surface area contributed by atoms with Gasteiger partial charge in [-0.1, -0.05) is 6.92 Å². The van der Waals surface area contributed by atoms with Crippen molar-refractivity contribution in [1.29, 1.82) is 0 Å². The van der Waals surface area contributed by atoms with E-state index < -0.39 is 5.97 Å². The van der Waals surface area contributed by atoms with E-state index in [0.29, 0.717) is 25.6 Å². The van der Waals surface area contributed by atoms with Crippen LogP contribution in [0.5, 0.6) is 0 Å². The fourth-order valence-corrected chi connectivity index (χ4v) is 1.47. The minimum atomic E-state index is -0.791. The highest BCUT2D eigenvalue weighted by Gasteiger charge is 2.23. The van der Waals surface area contributed by atoms with Gasteiger partial charge in [-0.25, -0.2) is 0 Å². The van der Waals surface area contributed by atoms with Crippen LogP contribution in [0.2, 0.25) is 0 Å². The molecule has 0 aliphatic heterocycles. The second-order valence-corrected chi connectivity index (χ2v) is 4.17. The van der Waals surface area contributed by atoms with Crippen molar-refractivity contribution in [2.75, 3.05) is 19.6 Å². The van der Waals surface area contributed by atoms with Gasteiger partial charge in [-0.3, -0.25) is 9.59 Å². The van der Waals surface area contributed by atoms with Gasteiger partial charge in [0.2, 0.25) is 5.91 Å². The van der Waals surface area contributed by atoms with Gasteiger partial charge in [0, 0.05) is 25.6 Å². The first kappa shape index (κ1) is 13.0. The molecule has 0 aromatic carbocycles. The molecule has 2 N–H and O–H groups in total. The lowest BCUT2D eigenvalue weighted by Gasteiger charge is -2.18. The van der Waals surface area contributed by atoms with Crippen LogP contribution >= 0.6 is 0 Å². The Bertz CT molecular complexity index is 252. The van der Waals surface area contributed by atoms with Crippen molar-refractivity contribution in [2.24, 2.45) is 0 Å². The number of hydrogen-bond acceptors (Lipinski definition) is 3. The molecule has 0 heterocycles. The van der Waals surface area contributed by atoms with Crippen molar-refractivity contribution in [3.8, 4) is 0 Å². The standard InChI is InChI=1S/C11H20N2O3/c1-2-13(8-6-11(15)16)7-5-10(14)12-9-3-4-9/h9H,2-8H2,1H3,(H,12,14)(H,15,16). The van der Waals surface area contributed by atoms with Gasteiger partial charge in [0.25, 0.3) is 0 Å².